The summed E-state index contributed by atoms with van der Waals surface area (Å²) in [4.78, 5) is 0. The predicted octanol–water partition coefficient (Wildman–Crippen LogP) is 1.42. The van der Waals surface area contributed by atoms with Crippen LogP contribution in [-0.2, 0) is 9.09 Å². The second-order valence-corrected chi connectivity index (χ2v) is 5.07. The molecular formula is C5H12NO2PS. The molecule has 1 atom stereocenters. The largest absolute Gasteiger partial charge is 0.318 e. The fourth-order valence-electron chi connectivity index (χ4n) is 0.930. The lowest BCUT2D eigenvalue weighted by Gasteiger charge is -2.30. The SMILES string of the molecule is C[P@@]1(=O)OCCCN1CS. The van der Waals surface area contributed by atoms with Crippen LogP contribution >= 0.6 is 20.1 Å². The Morgan fingerprint density at radius 1 is 1.80 bits per heavy atom. The molecule has 1 heterocycles. The number of rotatable bonds is 1. The minimum absolute atomic E-state index is 0.522. The van der Waals surface area contributed by atoms with Gasteiger partial charge in [0.05, 0.1) is 6.61 Å². The minimum Gasteiger partial charge on any atom is -0.318 e. The van der Waals surface area contributed by atoms with E-state index in [0.29, 0.717) is 12.5 Å². The van der Waals surface area contributed by atoms with Gasteiger partial charge in [0, 0.05) is 19.1 Å². The molecule has 1 saturated heterocycles. The lowest BCUT2D eigenvalue weighted by molar-refractivity contribution is 0.223. The van der Waals surface area contributed by atoms with Crippen molar-refractivity contribution in [2.75, 3.05) is 25.7 Å². The molecule has 0 aromatic heterocycles. The van der Waals surface area contributed by atoms with Gasteiger partial charge >= 0.3 is 0 Å². The van der Waals surface area contributed by atoms with E-state index in [1.165, 1.54) is 0 Å². The van der Waals surface area contributed by atoms with Crippen molar-refractivity contribution in [1.29, 1.82) is 0 Å². The van der Waals surface area contributed by atoms with Crippen LogP contribution in [0.3, 0.4) is 0 Å². The van der Waals surface area contributed by atoms with Crippen LogP contribution in [0.2, 0.25) is 0 Å². The standard InChI is InChI=1S/C5H12NO2PS/c1-9(7)6(5-10)3-2-4-8-9/h10H,2-5H2,1H3/t9-/m1/s1. The van der Waals surface area contributed by atoms with Crippen LogP contribution in [0.1, 0.15) is 6.42 Å². The van der Waals surface area contributed by atoms with Crippen molar-refractivity contribution >= 4 is 20.1 Å². The monoisotopic (exact) mass is 181 g/mol. The quantitative estimate of drug-likeness (QED) is 0.490. The Kier molecular flexibility index (Phi) is 2.81. The molecule has 60 valence electrons. The van der Waals surface area contributed by atoms with Gasteiger partial charge < -0.3 is 4.52 Å². The van der Waals surface area contributed by atoms with E-state index in [4.69, 9.17) is 4.52 Å². The van der Waals surface area contributed by atoms with Crippen molar-refractivity contribution in [1.82, 2.24) is 4.67 Å². The van der Waals surface area contributed by atoms with Gasteiger partial charge in [-0.05, 0) is 6.42 Å². The Morgan fingerprint density at radius 3 is 2.90 bits per heavy atom. The number of hydrogen-bond donors (Lipinski definition) is 1. The molecule has 1 fully saturated rings. The van der Waals surface area contributed by atoms with Crippen molar-refractivity contribution in [3.05, 3.63) is 0 Å². The molecule has 0 unspecified atom stereocenters. The third-order valence-corrected chi connectivity index (χ3v) is 4.16. The molecule has 1 aliphatic rings. The summed E-state index contributed by atoms with van der Waals surface area (Å²) in [5.74, 6) is 0.522. The Labute approximate surface area is 66.7 Å². The van der Waals surface area contributed by atoms with E-state index in [0.717, 1.165) is 13.0 Å². The van der Waals surface area contributed by atoms with Gasteiger partial charge in [-0.25, -0.2) is 4.67 Å². The summed E-state index contributed by atoms with van der Waals surface area (Å²) in [6.45, 7) is 3.11. The molecule has 5 heteroatoms. The molecule has 0 spiro atoms. The molecule has 0 saturated carbocycles. The highest BCUT2D eigenvalue weighted by molar-refractivity contribution is 7.80. The summed E-state index contributed by atoms with van der Waals surface area (Å²) >= 11 is 4.05. The topological polar surface area (TPSA) is 29.5 Å². The molecule has 0 aromatic carbocycles. The first kappa shape index (κ1) is 8.60. The highest BCUT2D eigenvalue weighted by atomic mass is 32.1. The molecule has 0 amide bonds. The zero-order valence-corrected chi connectivity index (χ0v) is 7.78. The van der Waals surface area contributed by atoms with E-state index in [2.05, 4.69) is 12.6 Å². The lowest BCUT2D eigenvalue weighted by Crippen LogP contribution is -2.26. The molecule has 10 heavy (non-hydrogen) atoms. The van der Waals surface area contributed by atoms with Gasteiger partial charge in [0.2, 0.25) is 0 Å². The summed E-state index contributed by atoms with van der Waals surface area (Å²) < 4.78 is 18.3. The Balaban J connectivity index is 2.60. The van der Waals surface area contributed by atoms with Crippen LogP contribution in [0.5, 0.6) is 0 Å². The number of thiol groups is 1. The van der Waals surface area contributed by atoms with Gasteiger partial charge in [-0.15, -0.1) is 0 Å². The fraction of sp³-hybridized carbons (Fsp3) is 1.00. The molecule has 0 aromatic rings. The summed E-state index contributed by atoms with van der Waals surface area (Å²) in [7, 11) is -2.44. The highest BCUT2D eigenvalue weighted by Gasteiger charge is 2.27. The summed E-state index contributed by atoms with van der Waals surface area (Å²) in [5.41, 5.74) is 0. The van der Waals surface area contributed by atoms with E-state index in [1.807, 2.05) is 0 Å². The maximum Gasteiger partial charge on any atom is 0.270 e. The Morgan fingerprint density at radius 2 is 2.50 bits per heavy atom. The Hall–Kier alpha value is 0.500. The molecule has 0 radical (unpaired) electrons. The molecule has 0 aliphatic carbocycles. The molecule has 1 rings (SSSR count). The van der Waals surface area contributed by atoms with Crippen molar-refractivity contribution in [3.63, 3.8) is 0 Å². The van der Waals surface area contributed by atoms with Crippen LogP contribution in [-0.4, -0.2) is 30.4 Å². The number of nitrogens with zero attached hydrogens (tertiary/aromatic N) is 1. The normalized spacial score (nSPS) is 36.2. The minimum atomic E-state index is -2.44. The number of hydrogen-bond acceptors (Lipinski definition) is 3. The molecule has 3 nitrogen and oxygen atoms in total. The van der Waals surface area contributed by atoms with Gasteiger partial charge in [0.1, 0.15) is 0 Å². The average molecular weight is 181 g/mol. The van der Waals surface area contributed by atoms with E-state index in [9.17, 15) is 4.57 Å². The second-order valence-electron chi connectivity index (χ2n) is 2.36. The zero-order valence-electron chi connectivity index (χ0n) is 5.99. The van der Waals surface area contributed by atoms with Crippen LogP contribution in [0, 0.1) is 0 Å². The zero-order chi connectivity index (χ0) is 7.61. The van der Waals surface area contributed by atoms with Crippen molar-refractivity contribution in [2.24, 2.45) is 0 Å². The highest BCUT2D eigenvalue weighted by Crippen LogP contribution is 2.49. The van der Waals surface area contributed by atoms with Crippen molar-refractivity contribution in [2.45, 2.75) is 6.42 Å². The average Bonchev–Trinajstić information content (AvgIpc) is 1.87. The molecule has 0 bridgehead atoms. The van der Waals surface area contributed by atoms with E-state index < -0.39 is 7.52 Å². The van der Waals surface area contributed by atoms with Gasteiger partial charge in [0.25, 0.3) is 7.52 Å². The third kappa shape index (κ3) is 1.76. The van der Waals surface area contributed by atoms with E-state index >= 15 is 0 Å². The summed E-state index contributed by atoms with van der Waals surface area (Å²) in [6.07, 6.45) is 0.957. The first-order valence-electron chi connectivity index (χ1n) is 3.25. The third-order valence-electron chi connectivity index (χ3n) is 1.57. The van der Waals surface area contributed by atoms with Crippen molar-refractivity contribution in [3.8, 4) is 0 Å². The van der Waals surface area contributed by atoms with Crippen LogP contribution in [0.15, 0.2) is 0 Å². The van der Waals surface area contributed by atoms with Gasteiger partial charge in [-0.2, -0.15) is 12.6 Å². The van der Waals surface area contributed by atoms with Gasteiger partial charge in [0.15, 0.2) is 0 Å². The first-order chi connectivity index (χ1) is 4.67. The first-order valence-corrected chi connectivity index (χ1v) is 5.91. The second kappa shape index (κ2) is 3.26. The summed E-state index contributed by atoms with van der Waals surface area (Å²) in [6, 6.07) is 0. The van der Waals surface area contributed by atoms with Crippen LogP contribution in [0.25, 0.3) is 0 Å². The van der Waals surface area contributed by atoms with Crippen LogP contribution < -0.4 is 0 Å². The van der Waals surface area contributed by atoms with Crippen molar-refractivity contribution < 1.29 is 9.09 Å². The van der Waals surface area contributed by atoms with Gasteiger partial charge in [-0.3, -0.25) is 4.57 Å². The summed E-state index contributed by atoms with van der Waals surface area (Å²) in [5, 5.41) is 0. The maximum atomic E-state index is 11.5. The van der Waals surface area contributed by atoms with E-state index in [-0.39, 0.29) is 0 Å². The molecular weight excluding hydrogens is 169 g/mol. The smallest absolute Gasteiger partial charge is 0.270 e. The molecule has 1 aliphatic heterocycles. The van der Waals surface area contributed by atoms with Gasteiger partial charge in [-0.1, -0.05) is 0 Å². The van der Waals surface area contributed by atoms with E-state index in [1.54, 1.807) is 11.3 Å². The lowest BCUT2D eigenvalue weighted by atomic mass is 10.5. The fourth-order valence-corrected chi connectivity index (χ4v) is 3.13. The Bertz CT molecular complexity index is 164. The maximum absolute atomic E-state index is 11.5. The predicted molar refractivity (Wildman–Crippen MR) is 44.7 cm³/mol. The van der Waals surface area contributed by atoms with Crippen LogP contribution in [0.4, 0.5) is 0 Å². The molecule has 0 N–H and O–H groups in total.